The van der Waals surface area contributed by atoms with E-state index in [1.54, 1.807) is 11.3 Å². The Balaban J connectivity index is 1.91. The molecule has 1 aliphatic carbocycles. The van der Waals surface area contributed by atoms with Crippen molar-refractivity contribution in [2.75, 3.05) is 5.32 Å². The van der Waals surface area contributed by atoms with E-state index in [0.717, 1.165) is 16.2 Å². The highest BCUT2D eigenvalue weighted by atomic mass is 35.5. The molecule has 0 amide bonds. The highest BCUT2D eigenvalue weighted by Crippen LogP contribution is 2.47. The van der Waals surface area contributed by atoms with E-state index in [1.165, 1.54) is 24.0 Å². The molecule has 1 fully saturated rings. The molecule has 2 nitrogen and oxygen atoms in total. The molecule has 21 heavy (non-hydrogen) atoms. The molecule has 3 rings (SSSR count). The van der Waals surface area contributed by atoms with E-state index >= 15 is 0 Å². The average molecular weight is 323 g/mol. The number of halogens is 1. The van der Waals surface area contributed by atoms with Crippen molar-refractivity contribution in [3.05, 3.63) is 22.7 Å². The summed E-state index contributed by atoms with van der Waals surface area (Å²) in [6, 6.07) is 4.48. The van der Waals surface area contributed by atoms with Gasteiger partial charge in [-0.25, -0.2) is 4.98 Å². The van der Waals surface area contributed by atoms with Crippen molar-refractivity contribution in [2.45, 2.75) is 53.0 Å². The lowest BCUT2D eigenvalue weighted by Gasteiger charge is -2.45. The van der Waals surface area contributed by atoms with Crippen molar-refractivity contribution in [2.24, 2.45) is 10.8 Å². The zero-order valence-corrected chi connectivity index (χ0v) is 14.7. The van der Waals surface area contributed by atoms with E-state index in [-0.39, 0.29) is 0 Å². The molecule has 114 valence electrons. The number of rotatable bonds is 2. The number of hydrogen-bond donors (Lipinski definition) is 1. The van der Waals surface area contributed by atoms with Gasteiger partial charge in [-0.3, -0.25) is 0 Å². The first kappa shape index (κ1) is 15.1. The quantitative estimate of drug-likeness (QED) is 0.737. The summed E-state index contributed by atoms with van der Waals surface area (Å²) in [5.74, 6) is 0. The SMILES string of the molecule is CC1(C)CC(Nc2c(Cl)ccc3scnc23)CC(C)(C)C1. The predicted molar refractivity (Wildman–Crippen MR) is 93.5 cm³/mol. The van der Waals surface area contributed by atoms with Crippen LogP contribution in [0.5, 0.6) is 0 Å². The Morgan fingerprint density at radius 1 is 1.19 bits per heavy atom. The third kappa shape index (κ3) is 3.19. The number of anilines is 1. The molecule has 0 bridgehead atoms. The molecule has 4 heteroatoms. The number of nitrogens with one attached hydrogen (secondary N) is 1. The minimum absolute atomic E-state index is 0.363. The van der Waals surface area contributed by atoms with Crippen molar-refractivity contribution in [3.8, 4) is 0 Å². The Labute approximate surface area is 135 Å². The fraction of sp³-hybridized carbons (Fsp3) is 0.588. The normalized spacial score (nSPS) is 21.6. The summed E-state index contributed by atoms with van der Waals surface area (Å²) in [4.78, 5) is 4.49. The van der Waals surface area contributed by atoms with E-state index in [4.69, 9.17) is 11.6 Å². The molecule has 1 aromatic carbocycles. The molecule has 0 spiro atoms. The van der Waals surface area contributed by atoms with Crippen LogP contribution in [0.2, 0.25) is 5.02 Å². The maximum Gasteiger partial charge on any atom is 0.106 e. The van der Waals surface area contributed by atoms with E-state index in [9.17, 15) is 0 Å². The van der Waals surface area contributed by atoms with Crippen LogP contribution in [0.25, 0.3) is 10.2 Å². The zero-order chi connectivity index (χ0) is 15.3. The highest BCUT2D eigenvalue weighted by Gasteiger charge is 2.38. The topological polar surface area (TPSA) is 24.9 Å². The van der Waals surface area contributed by atoms with Gasteiger partial charge in [-0.05, 0) is 42.2 Å². The summed E-state index contributed by atoms with van der Waals surface area (Å²) in [5, 5.41) is 4.47. The standard InChI is InChI=1S/C17H23ClN2S/c1-16(2)7-11(8-17(3,4)9-16)20-14-12(18)5-6-13-15(14)19-10-21-13/h5-6,10-11,20H,7-9H2,1-4H3. The van der Waals surface area contributed by atoms with Crippen LogP contribution in [0.4, 0.5) is 5.69 Å². The van der Waals surface area contributed by atoms with Crippen molar-refractivity contribution < 1.29 is 0 Å². The zero-order valence-electron chi connectivity index (χ0n) is 13.2. The van der Waals surface area contributed by atoms with E-state index in [2.05, 4.69) is 44.1 Å². The summed E-state index contributed by atoms with van der Waals surface area (Å²) in [5.41, 5.74) is 4.63. The molecule has 0 radical (unpaired) electrons. The second-order valence-electron chi connectivity index (χ2n) is 7.88. The lowest BCUT2D eigenvalue weighted by molar-refractivity contribution is 0.105. The van der Waals surface area contributed by atoms with Crippen molar-refractivity contribution in [3.63, 3.8) is 0 Å². The van der Waals surface area contributed by atoms with Crippen LogP contribution in [0, 0.1) is 10.8 Å². The summed E-state index contributed by atoms with van der Waals surface area (Å²) < 4.78 is 1.19. The Morgan fingerprint density at radius 2 is 1.86 bits per heavy atom. The predicted octanol–water partition coefficient (Wildman–Crippen LogP) is 5.97. The third-order valence-electron chi connectivity index (χ3n) is 4.36. The lowest BCUT2D eigenvalue weighted by Crippen LogP contribution is -2.40. The first-order valence-electron chi connectivity index (χ1n) is 7.54. The summed E-state index contributed by atoms with van der Waals surface area (Å²) in [6.07, 6.45) is 3.62. The first-order valence-corrected chi connectivity index (χ1v) is 8.80. The molecule has 1 aliphatic rings. The molecule has 1 heterocycles. The second kappa shape index (κ2) is 5.13. The molecular formula is C17H23ClN2S. The van der Waals surface area contributed by atoms with Gasteiger partial charge in [-0.15, -0.1) is 11.3 Å². The summed E-state index contributed by atoms with van der Waals surface area (Å²) in [7, 11) is 0. The molecule has 2 aromatic rings. The molecule has 0 aliphatic heterocycles. The van der Waals surface area contributed by atoms with Gasteiger partial charge in [0.1, 0.15) is 5.52 Å². The Kier molecular flexibility index (Phi) is 3.69. The summed E-state index contributed by atoms with van der Waals surface area (Å²) in [6.45, 7) is 9.47. The van der Waals surface area contributed by atoms with Crippen LogP contribution in [0.1, 0.15) is 47.0 Å². The molecule has 1 saturated carbocycles. The number of hydrogen-bond acceptors (Lipinski definition) is 3. The van der Waals surface area contributed by atoms with Crippen LogP contribution >= 0.6 is 22.9 Å². The van der Waals surface area contributed by atoms with E-state index < -0.39 is 0 Å². The minimum atomic E-state index is 0.363. The van der Waals surface area contributed by atoms with Crippen LogP contribution < -0.4 is 5.32 Å². The van der Waals surface area contributed by atoms with Gasteiger partial charge in [0.15, 0.2) is 0 Å². The van der Waals surface area contributed by atoms with Crippen molar-refractivity contribution in [1.82, 2.24) is 4.98 Å². The van der Waals surface area contributed by atoms with E-state index in [0.29, 0.717) is 16.9 Å². The molecular weight excluding hydrogens is 300 g/mol. The van der Waals surface area contributed by atoms with Gasteiger partial charge in [0.2, 0.25) is 0 Å². The Hall–Kier alpha value is -0.800. The molecule has 1 N–H and O–H groups in total. The van der Waals surface area contributed by atoms with Crippen molar-refractivity contribution >= 4 is 38.8 Å². The maximum atomic E-state index is 6.42. The lowest BCUT2D eigenvalue weighted by atomic mass is 9.63. The smallest absolute Gasteiger partial charge is 0.106 e. The highest BCUT2D eigenvalue weighted by molar-refractivity contribution is 7.16. The Bertz CT molecular complexity index is 644. The van der Waals surface area contributed by atoms with Gasteiger partial charge in [0, 0.05) is 6.04 Å². The van der Waals surface area contributed by atoms with Gasteiger partial charge in [-0.1, -0.05) is 39.3 Å². The Morgan fingerprint density at radius 3 is 2.52 bits per heavy atom. The third-order valence-corrected chi connectivity index (χ3v) is 5.46. The van der Waals surface area contributed by atoms with Gasteiger partial charge >= 0.3 is 0 Å². The number of fused-ring (bicyclic) bond motifs is 1. The van der Waals surface area contributed by atoms with Gasteiger partial charge in [-0.2, -0.15) is 0 Å². The fourth-order valence-electron chi connectivity index (χ4n) is 4.20. The minimum Gasteiger partial charge on any atom is -0.379 e. The molecule has 1 aromatic heterocycles. The summed E-state index contributed by atoms with van der Waals surface area (Å²) >= 11 is 8.09. The van der Waals surface area contributed by atoms with Gasteiger partial charge < -0.3 is 5.32 Å². The monoisotopic (exact) mass is 322 g/mol. The number of aromatic nitrogens is 1. The average Bonchev–Trinajstić information content (AvgIpc) is 2.77. The first-order chi connectivity index (χ1) is 9.76. The van der Waals surface area contributed by atoms with Crippen LogP contribution in [0.15, 0.2) is 17.6 Å². The van der Waals surface area contributed by atoms with Gasteiger partial charge in [0.25, 0.3) is 0 Å². The van der Waals surface area contributed by atoms with Crippen molar-refractivity contribution in [1.29, 1.82) is 0 Å². The maximum absolute atomic E-state index is 6.42. The second-order valence-corrected chi connectivity index (χ2v) is 9.17. The van der Waals surface area contributed by atoms with Gasteiger partial charge in [0.05, 0.1) is 20.9 Å². The van der Waals surface area contributed by atoms with E-state index in [1.807, 2.05) is 11.6 Å². The molecule has 0 saturated heterocycles. The van der Waals surface area contributed by atoms with Crippen LogP contribution in [-0.2, 0) is 0 Å². The number of thiazole rings is 1. The molecule has 0 atom stereocenters. The fourth-order valence-corrected chi connectivity index (χ4v) is 5.09. The number of nitrogens with zero attached hydrogens (tertiary/aromatic N) is 1. The number of benzene rings is 1. The van der Waals surface area contributed by atoms with Crippen LogP contribution in [-0.4, -0.2) is 11.0 Å². The van der Waals surface area contributed by atoms with Crippen LogP contribution in [0.3, 0.4) is 0 Å². The molecule has 0 unspecified atom stereocenters. The largest absolute Gasteiger partial charge is 0.379 e.